The molecule has 5 nitrogen and oxygen atoms in total. The average molecular weight is 389 g/mol. The Kier molecular flexibility index (Phi) is 6.53. The molecule has 0 unspecified atom stereocenters. The van der Waals surface area contributed by atoms with Crippen LogP contribution in [0, 0.1) is 5.82 Å². The Morgan fingerprint density at radius 3 is 2.60 bits per heavy atom. The van der Waals surface area contributed by atoms with E-state index in [2.05, 4.69) is 5.32 Å². The zero-order valence-electron chi connectivity index (χ0n) is 13.8. The highest BCUT2D eigenvalue weighted by Gasteiger charge is 2.41. The number of para-hydroxylation sites is 1. The van der Waals surface area contributed by atoms with Crippen molar-refractivity contribution in [3.8, 4) is 5.75 Å². The smallest absolute Gasteiger partial charge is 0.206 e. The summed E-state index contributed by atoms with van der Waals surface area (Å²) < 4.78 is 42.6. The summed E-state index contributed by atoms with van der Waals surface area (Å²) in [5.74, 6) is -0.103. The maximum atomic E-state index is 13.6. The Morgan fingerprint density at radius 2 is 1.92 bits per heavy atom. The van der Waals surface area contributed by atoms with Gasteiger partial charge in [-0.25, -0.2) is 8.70 Å². The molecule has 25 heavy (non-hydrogen) atoms. The average Bonchev–Trinajstić information content (AvgIpc) is 2.56. The van der Waals surface area contributed by atoms with Crippen LogP contribution in [0.1, 0.15) is 12.8 Å². The number of benzene rings is 2. The minimum absolute atomic E-state index is 0. The Hall–Kier alpha value is -1.51. The number of hydrogen-bond acceptors (Lipinski definition) is 5. The molecule has 1 aliphatic heterocycles. The van der Waals surface area contributed by atoms with E-state index in [9.17, 15) is 13.5 Å². The molecule has 2 aromatic rings. The molecular weight excluding hydrogens is 367 g/mol. The van der Waals surface area contributed by atoms with Crippen LogP contribution < -0.4 is 14.4 Å². The minimum Gasteiger partial charge on any atom is -0.466 e. The van der Waals surface area contributed by atoms with Crippen molar-refractivity contribution >= 4 is 34.6 Å². The molecule has 138 valence electrons. The van der Waals surface area contributed by atoms with E-state index in [1.165, 1.54) is 22.5 Å². The largest absolute Gasteiger partial charge is 0.466 e. The molecule has 0 spiro atoms. The summed E-state index contributed by atoms with van der Waals surface area (Å²) in [5, 5.41) is 3.02. The van der Waals surface area contributed by atoms with Crippen molar-refractivity contribution in [1.29, 1.82) is 0 Å². The van der Waals surface area contributed by atoms with E-state index >= 15 is 0 Å². The second kappa shape index (κ2) is 8.25. The summed E-state index contributed by atoms with van der Waals surface area (Å²) >= 11 is 0. The van der Waals surface area contributed by atoms with E-state index in [1.54, 1.807) is 12.1 Å². The van der Waals surface area contributed by atoms with Gasteiger partial charge in [-0.05, 0) is 44.3 Å². The van der Waals surface area contributed by atoms with Crippen LogP contribution >= 0.6 is 23.2 Å². The lowest BCUT2D eigenvalue weighted by molar-refractivity contribution is 0.235. The maximum Gasteiger partial charge on any atom is 0.206 e. The third kappa shape index (κ3) is 4.02. The normalized spacial score (nSPS) is 19.4. The highest BCUT2D eigenvalue weighted by molar-refractivity contribution is 8.26. The number of nitrogens with one attached hydrogen (secondary N) is 1. The quantitative estimate of drug-likeness (QED) is 0.644. The SMILES string of the molecule is CNCCC[C@H]1Oc2cc(F)ccc2N(c2ccccc2)S1(O)O.Cl. The number of hydrogen-bond donors (Lipinski definition) is 3. The maximum absolute atomic E-state index is 13.6. The molecule has 0 aromatic heterocycles. The summed E-state index contributed by atoms with van der Waals surface area (Å²) in [6, 6.07) is 13.1. The highest BCUT2D eigenvalue weighted by Crippen LogP contribution is 2.61. The molecule has 1 atom stereocenters. The Morgan fingerprint density at radius 1 is 1.20 bits per heavy atom. The van der Waals surface area contributed by atoms with Gasteiger partial charge in [0, 0.05) is 12.5 Å². The van der Waals surface area contributed by atoms with Gasteiger partial charge in [-0.1, -0.05) is 29.0 Å². The lowest BCUT2D eigenvalue weighted by Crippen LogP contribution is -2.39. The number of anilines is 2. The second-order valence-electron chi connectivity index (χ2n) is 5.60. The fourth-order valence-electron chi connectivity index (χ4n) is 2.74. The second-order valence-corrected chi connectivity index (χ2v) is 7.61. The van der Waals surface area contributed by atoms with Gasteiger partial charge in [-0.2, -0.15) is 0 Å². The van der Waals surface area contributed by atoms with Gasteiger partial charge in [-0.3, -0.25) is 9.11 Å². The van der Waals surface area contributed by atoms with E-state index < -0.39 is 22.0 Å². The molecule has 3 N–H and O–H groups in total. The van der Waals surface area contributed by atoms with Crippen molar-refractivity contribution < 1.29 is 18.2 Å². The Balaban J connectivity index is 0.00000225. The zero-order valence-corrected chi connectivity index (χ0v) is 15.4. The molecule has 1 heterocycles. The van der Waals surface area contributed by atoms with E-state index in [0.717, 1.165) is 6.54 Å². The van der Waals surface area contributed by atoms with Crippen LogP contribution in [0.4, 0.5) is 15.8 Å². The molecule has 0 radical (unpaired) electrons. The molecule has 0 saturated heterocycles. The first-order chi connectivity index (χ1) is 11.5. The number of halogens is 2. The minimum atomic E-state index is -3.26. The van der Waals surface area contributed by atoms with Crippen molar-refractivity contribution in [3.63, 3.8) is 0 Å². The molecule has 0 fully saturated rings. The zero-order chi connectivity index (χ0) is 17.2. The van der Waals surface area contributed by atoms with Crippen LogP contribution in [0.25, 0.3) is 0 Å². The lowest BCUT2D eigenvalue weighted by Gasteiger charge is -2.51. The van der Waals surface area contributed by atoms with E-state index in [0.29, 0.717) is 30.0 Å². The molecule has 3 rings (SSSR count). The Bertz CT molecular complexity index is 706. The summed E-state index contributed by atoms with van der Waals surface area (Å²) in [6.07, 6.45) is 1.16. The molecule has 0 bridgehead atoms. The van der Waals surface area contributed by atoms with Gasteiger partial charge in [0.1, 0.15) is 11.5 Å². The molecule has 1 aliphatic rings. The number of rotatable bonds is 5. The molecule has 0 saturated carbocycles. The van der Waals surface area contributed by atoms with Gasteiger partial charge < -0.3 is 10.1 Å². The van der Waals surface area contributed by atoms with Crippen molar-refractivity contribution in [1.82, 2.24) is 5.32 Å². The highest BCUT2D eigenvalue weighted by atomic mass is 35.5. The number of ether oxygens (including phenoxy) is 1. The van der Waals surface area contributed by atoms with Crippen LogP contribution in [0.15, 0.2) is 48.5 Å². The summed E-state index contributed by atoms with van der Waals surface area (Å²) in [6.45, 7) is 0.733. The predicted molar refractivity (Wildman–Crippen MR) is 103 cm³/mol. The van der Waals surface area contributed by atoms with Crippen LogP contribution in [-0.2, 0) is 0 Å². The first kappa shape index (κ1) is 19.8. The fraction of sp³-hybridized carbons (Fsp3) is 0.294. The first-order valence-electron chi connectivity index (χ1n) is 7.77. The first-order valence-corrected chi connectivity index (χ1v) is 9.34. The van der Waals surface area contributed by atoms with Crippen molar-refractivity contribution in [2.75, 3.05) is 17.9 Å². The van der Waals surface area contributed by atoms with Crippen molar-refractivity contribution in [2.24, 2.45) is 0 Å². The third-order valence-corrected chi connectivity index (χ3v) is 5.86. The van der Waals surface area contributed by atoms with Gasteiger partial charge in [-0.15, -0.1) is 12.4 Å². The lowest BCUT2D eigenvalue weighted by atomic mass is 10.2. The summed E-state index contributed by atoms with van der Waals surface area (Å²) in [4.78, 5) is 0. The van der Waals surface area contributed by atoms with Gasteiger partial charge >= 0.3 is 0 Å². The van der Waals surface area contributed by atoms with E-state index in [-0.39, 0.29) is 12.4 Å². The molecule has 0 aliphatic carbocycles. The van der Waals surface area contributed by atoms with Crippen LogP contribution in [0.2, 0.25) is 0 Å². The molecule has 2 aromatic carbocycles. The summed E-state index contributed by atoms with van der Waals surface area (Å²) in [7, 11) is -1.43. The monoisotopic (exact) mass is 388 g/mol. The van der Waals surface area contributed by atoms with Crippen molar-refractivity contribution in [2.45, 2.75) is 18.3 Å². The van der Waals surface area contributed by atoms with E-state index in [1.807, 2.05) is 25.2 Å². The summed E-state index contributed by atoms with van der Waals surface area (Å²) in [5.41, 5.74) is 0.264. The van der Waals surface area contributed by atoms with Gasteiger partial charge in [0.05, 0.1) is 5.69 Å². The molecular formula is C17H22ClFN2O3S. The van der Waals surface area contributed by atoms with Crippen molar-refractivity contribution in [3.05, 3.63) is 54.3 Å². The topological polar surface area (TPSA) is 65.0 Å². The van der Waals surface area contributed by atoms with Gasteiger partial charge in [0.25, 0.3) is 0 Å². The van der Waals surface area contributed by atoms with Crippen LogP contribution in [0.3, 0.4) is 0 Å². The fourth-order valence-corrected chi connectivity index (χ4v) is 4.56. The number of nitrogens with zero attached hydrogens (tertiary/aromatic N) is 1. The number of fused-ring (bicyclic) bond motifs is 1. The van der Waals surface area contributed by atoms with Gasteiger partial charge in [0.2, 0.25) is 5.44 Å². The van der Waals surface area contributed by atoms with Gasteiger partial charge in [0.15, 0.2) is 5.75 Å². The predicted octanol–water partition coefficient (Wildman–Crippen LogP) is 4.77. The molecule has 0 amide bonds. The molecule has 8 heteroatoms. The van der Waals surface area contributed by atoms with E-state index in [4.69, 9.17) is 4.74 Å². The van der Waals surface area contributed by atoms with Crippen LogP contribution in [-0.4, -0.2) is 28.1 Å². The Labute approximate surface area is 154 Å². The van der Waals surface area contributed by atoms with Crippen LogP contribution in [0.5, 0.6) is 5.75 Å². The third-order valence-electron chi connectivity index (χ3n) is 3.88. The standard InChI is InChI=1S/C17H21FN2O3S.ClH/c1-19-11-5-8-17-23-16-12-13(18)9-10-15(16)20(24(17,21)22)14-6-3-2-4-7-14;/h2-4,6-7,9-10,12,17,19,21-22H,5,8,11H2,1H3;1H/t17-;/m0./s1.